The summed E-state index contributed by atoms with van der Waals surface area (Å²) in [6.07, 6.45) is 5.55. The minimum Gasteiger partial charge on any atom is -0.378 e. The summed E-state index contributed by atoms with van der Waals surface area (Å²) in [4.78, 5) is 0. The number of rotatable bonds is 7. The summed E-state index contributed by atoms with van der Waals surface area (Å²) in [7, 11) is 1.82. The monoisotopic (exact) mass is 315 g/mol. The predicted octanol–water partition coefficient (Wildman–Crippen LogP) is 4.99. The van der Waals surface area contributed by atoms with Crippen LogP contribution in [0.25, 0.3) is 0 Å². The average molecular weight is 316 g/mol. The van der Waals surface area contributed by atoms with E-state index in [-0.39, 0.29) is 11.6 Å². The highest BCUT2D eigenvalue weighted by atomic mass is 35.5. The Hall–Kier alpha value is -0.280. The lowest BCUT2D eigenvalue weighted by Crippen LogP contribution is -2.43. The van der Waals surface area contributed by atoms with Gasteiger partial charge in [-0.2, -0.15) is 0 Å². The number of hydrogen-bond acceptors (Lipinski definition) is 2. The van der Waals surface area contributed by atoms with Crippen molar-refractivity contribution in [3.8, 4) is 0 Å². The van der Waals surface area contributed by atoms with E-state index in [1.54, 1.807) is 0 Å². The lowest BCUT2D eigenvalue weighted by atomic mass is 9.74. The van der Waals surface area contributed by atoms with Gasteiger partial charge in [0.2, 0.25) is 0 Å². The Morgan fingerprint density at radius 1 is 1.35 bits per heavy atom. The highest BCUT2D eigenvalue weighted by Gasteiger charge is 2.39. The van der Waals surface area contributed by atoms with Crippen molar-refractivity contribution < 1.29 is 4.74 Å². The van der Waals surface area contributed by atoms with Crippen LogP contribution in [-0.2, 0) is 4.74 Å². The molecule has 1 aliphatic carbocycles. The van der Waals surface area contributed by atoms with Gasteiger partial charge in [-0.05, 0) is 62.4 Å². The Morgan fingerprint density at radius 2 is 2.10 bits per heavy atom. The fourth-order valence-electron chi connectivity index (χ4n) is 2.83. The number of nitrogens with one attached hydrogen (secondary N) is 1. The number of benzene rings is 1. The summed E-state index contributed by atoms with van der Waals surface area (Å²) >= 11 is 12.5. The fraction of sp³-hybridized carbons (Fsp3) is 0.625. The van der Waals surface area contributed by atoms with Gasteiger partial charge >= 0.3 is 0 Å². The molecule has 0 amide bonds. The molecule has 0 radical (unpaired) electrons. The van der Waals surface area contributed by atoms with E-state index in [9.17, 15) is 0 Å². The van der Waals surface area contributed by atoms with E-state index in [2.05, 4.69) is 12.2 Å². The molecule has 1 unspecified atom stereocenters. The normalized spacial score (nSPS) is 18.6. The van der Waals surface area contributed by atoms with E-state index in [4.69, 9.17) is 27.9 Å². The highest BCUT2D eigenvalue weighted by Crippen LogP contribution is 2.43. The van der Waals surface area contributed by atoms with Gasteiger partial charge in [0.05, 0.1) is 5.60 Å². The van der Waals surface area contributed by atoms with Gasteiger partial charge in [-0.25, -0.2) is 0 Å². The maximum Gasteiger partial charge on any atom is 0.0697 e. The molecule has 0 spiro atoms. The van der Waals surface area contributed by atoms with Crippen molar-refractivity contribution in [1.29, 1.82) is 0 Å². The lowest BCUT2D eigenvalue weighted by molar-refractivity contribution is -0.0838. The number of ether oxygens (including phenoxy) is 1. The van der Waals surface area contributed by atoms with E-state index in [1.165, 1.54) is 6.42 Å². The molecular formula is C16H23Cl2NO. The Labute approximate surface area is 131 Å². The molecule has 1 aromatic carbocycles. The summed E-state index contributed by atoms with van der Waals surface area (Å²) in [6.45, 7) is 3.13. The molecule has 20 heavy (non-hydrogen) atoms. The predicted molar refractivity (Wildman–Crippen MR) is 85.7 cm³/mol. The van der Waals surface area contributed by atoms with Crippen LogP contribution in [0.4, 0.5) is 0 Å². The standard InChI is InChI=1S/C16H23Cl2NO/c1-3-9-19-15(11-16(20-2)7-4-8-16)13-10-12(17)5-6-14(13)18/h5-6,10,15,19H,3-4,7-9,11H2,1-2H3. The Kier molecular flexibility index (Phi) is 5.74. The van der Waals surface area contributed by atoms with Crippen LogP contribution in [0.15, 0.2) is 18.2 Å². The molecule has 0 aromatic heterocycles. The largest absolute Gasteiger partial charge is 0.378 e. The Bertz CT molecular complexity index is 441. The topological polar surface area (TPSA) is 21.3 Å². The van der Waals surface area contributed by atoms with Crippen molar-refractivity contribution >= 4 is 23.2 Å². The van der Waals surface area contributed by atoms with E-state index < -0.39 is 0 Å². The van der Waals surface area contributed by atoms with Gasteiger partial charge in [-0.3, -0.25) is 0 Å². The second-order valence-corrected chi connectivity index (χ2v) is 6.46. The van der Waals surface area contributed by atoms with Gasteiger partial charge in [0.1, 0.15) is 0 Å². The molecule has 2 rings (SSSR count). The van der Waals surface area contributed by atoms with Crippen molar-refractivity contribution in [2.75, 3.05) is 13.7 Å². The van der Waals surface area contributed by atoms with Crippen LogP contribution in [0.3, 0.4) is 0 Å². The van der Waals surface area contributed by atoms with E-state index in [0.29, 0.717) is 0 Å². The van der Waals surface area contributed by atoms with E-state index >= 15 is 0 Å². The average Bonchev–Trinajstić information content (AvgIpc) is 2.40. The highest BCUT2D eigenvalue weighted by molar-refractivity contribution is 6.33. The molecule has 0 saturated heterocycles. The molecule has 2 nitrogen and oxygen atoms in total. The molecule has 1 atom stereocenters. The fourth-order valence-corrected chi connectivity index (χ4v) is 3.26. The van der Waals surface area contributed by atoms with Crippen molar-refractivity contribution in [2.45, 2.75) is 50.7 Å². The molecule has 4 heteroatoms. The Balaban J connectivity index is 2.20. The van der Waals surface area contributed by atoms with Gasteiger partial charge < -0.3 is 10.1 Å². The summed E-state index contributed by atoms with van der Waals surface area (Å²) in [5.74, 6) is 0. The van der Waals surface area contributed by atoms with E-state index in [0.717, 1.165) is 47.8 Å². The second kappa shape index (κ2) is 7.13. The zero-order valence-corrected chi connectivity index (χ0v) is 13.7. The van der Waals surface area contributed by atoms with Gasteiger partial charge in [0.15, 0.2) is 0 Å². The smallest absolute Gasteiger partial charge is 0.0697 e. The minimum atomic E-state index is 0.0110. The molecule has 1 N–H and O–H groups in total. The lowest BCUT2D eigenvalue weighted by Gasteiger charge is -2.43. The minimum absolute atomic E-state index is 0.0110. The summed E-state index contributed by atoms with van der Waals surface area (Å²) in [5, 5.41) is 5.09. The molecule has 1 fully saturated rings. The van der Waals surface area contributed by atoms with Crippen molar-refractivity contribution in [2.24, 2.45) is 0 Å². The maximum atomic E-state index is 6.36. The van der Waals surface area contributed by atoms with Crippen LogP contribution in [0.1, 0.15) is 50.6 Å². The van der Waals surface area contributed by atoms with Gasteiger partial charge in [0, 0.05) is 23.2 Å². The van der Waals surface area contributed by atoms with Gasteiger partial charge in [0.25, 0.3) is 0 Å². The van der Waals surface area contributed by atoms with Gasteiger partial charge in [-0.1, -0.05) is 30.1 Å². The second-order valence-electron chi connectivity index (χ2n) is 5.62. The first-order valence-corrected chi connectivity index (χ1v) is 8.09. The summed E-state index contributed by atoms with van der Waals surface area (Å²) in [5.41, 5.74) is 1.09. The van der Waals surface area contributed by atoms with Crippen molar-refractivity contribution in [3.63, 3.8) is 0 Å². The first-order chi connectivity index (χ1) is 9.60. The molecule has 1 saturated carbocycles. The molecule has 112 valence electrons. The van der Waals surface area contributed by atoms with Crippen LogP contribution in [0, 0.1) is 0 Å². The number of hydrogen-bond donors (Lipinski definition) is 1. The third kappa shape index (κ3) is 3.67. The van der Waals surface area contributed by atoms with Crippen molar-refractivity contribution in [3.05, 3.63) is 33.8 Å². The summed E-state index contributed by atoms with van der Waals surface area (Å²) < 4.78 is 5.76. The number of halogens is 2. The first-order valence-electron chi connectivity index (χ1n) is 7.34. The van der Waals surface area contributed by atoms with E-state index in [1.807, 2.05) is 25.3 Å². The van der Waals surface area contributed by atoms with Crippen LogP contribution in [0.5, 0.6) is 0 Å². The SMILES string of the molecule is CCCNC(CC1(OC)CCC1)c1cc(Cl)ccc1Cl. The third-order valence-corrected chi connectivity index (χ3v) is 4.83. The molecule has 0 heterocycles. The molecule has 1 aliphatic rings. The van der Waals surface area contributed by atoms with Gasteiger partial charge in [-0.15, -0.1) is 0 Å². The zero-order valence-electron chi connectivity index (χ0n) is 12.2. The van der Waals surface area contributed by atoms with Crippen LogP contribution < -0.4 is 5.32 Å². The quantitative estimate of drug-likeness (QED) is 0.765. The third-order valence-electron chi connectivity index (χ3n) is 4.25. The molecular weight excluding hydrogens is 293 g/mol. The van der Waals surface area contributed by atoms with Crippen molar-refractivity contribution in [1.82, 2.24) is 5.32 Å². The Morgan fingerprint density at radius 3 is 2.65 bits per heavy atom. The summed E-state index contributed by atoms with van der Waals surface area (Å²) in [6, 6.07) is 5.88. The van der Waals surface area contributed by atoms with Crippen LogP contribution >= 0.6 is 23.2 Å². The molecule has 0 aliphatic heterocycles. The number of methoxy groups -OCH3 is 1. The molecule has 1 aromatic rings. The van der Waals surface area contributed by atoms with Crippen LogP contribution in [-0.4, -0.2) is 19.3 Å². The van der Waals surface area contributed by atoms with Crippen LogP contribution in [0.2, 0.25) is 10.0 Å². The zero-order chi connectivity index (χ0) is 14.6. The maximum absolute atomic E-state index is 6.36. The first kappa shape index (κ1) is 16.1. The molecule has 0 bridgehead atoms.